The van der Waals surface area contributed by atoms with Gasteiger partial charge in [0.2, 0.25) is 0 Å². The summed E-state index contributed by atoms with van der Waals surface area (Å²) < 4.78 is 0. The standard InChI is InChI=1S/C12H22N2/c1-2-3-5-8-12(11-13)14-9-6-4-7-10-14/h12H,2-10H2,1H3. The van der Waals surface area contributed by atoms with Gasteiger partial charge in [-0.1, -0.05) is 32.6 Å². The van der Waals surface area contributed by atoms with E-state index in [1.54, 1.807) is 0 Å². The Balaban J connectivity index is 2.25. The molecule has 0 amide bonds. The van der Waals surface area contributed by atoms with Gasteiger partial charge in [0.25, 0.3) is 0 Å². The first-order chi connectivity index (χ1) is 6.88. The van der Waals surface area contributed by atoms with Crippen molar-refractivity contribution < 1.29 is 0 Å². The van der Waals surface area contributed by atoms with Crippen LogP contribution in [0.2, 0.25) is 0 Å². The van der Waals surface area contributed by atoms with E-state index in [1.165, 1.54) is 38.5 Å². The average Bonchev–Trinajstić information content (AvgIpc) is 2.26. The summed E-state index contributed by atoms with van der Waals surface area (Å²) in [7, 11) is 0. The van der Waals surface area contributed by atoms with Crippen LogP contribution in [0.5, 0.6) is 0 Å². The number of unbranched alkanes of at least 4 members (excludes halogenated alkanes) is 2. The summed E-state index contributed by atoms with van der Waals surface area (Å²) in [5, 5.41) is 9.09. The van der Waals surface area contributed by atoms with Crippen LogP contribution in [0.25, 0.3) is 0 Å². The molecule has 1 heterocycles. The fraction of sp³-hybridized carbons (Fsp3) is 0.917. The maximum atomic E-state index is 9.09. The van der Waals surface area contributed by atoms with Gasteiger partial charge < -0.3 is 0 Å². The van der Waals surface area contributed by atoms with Crippen LogP contribution in [-0.4, -0.2) is 24.0 Å². The highest BCUT2D eigenvalue weighted by atomic mass is 15.2. The Morgan fingerprint density at radius 1 is 1.21 bits per heavy atom. The average molecular weight is 194 g/mol. The largest absolute Gasteiger partial charge is 0.288 e. The Morgan fingerprint density at radius 3 is 2.50 bits per heavy atom. The van der Waals surface area contributed by atoms with Gasteiger partial charge in [0.1, 0.15) is 0 Å². The van der Waals surface area contributed by atoms with Gasteiger partial charge in [-0.3, -0.25) is 4.90 Å². The van der Waals surface area contributed by atoms with E-state index in [0.717, 1.165) is 19.5 Å². The predicted octanol–water partition coefficient (Wildman–Crippen LogP) is 2.94. The van der Waals surface area contributed by atoms with E-state index in [-0.39, 0.29) is 6.04 Å². The second-order valence-corrected chi connectivity index (χ2v) is 4.24. The van der Waals surface area contributed by atoms with Crippen molar-refractivity contribution in [2.24, 2.45) is 0 Å². The van der Waals surface area contributed by atoms with Crippen molar-refractivity contribution in [2.45, 2.75) is 57.9 Å². The predicted molar refractivity (Wildman–Crippen MR) is 59.0 cm³/mol. The summed E-state index contributed by atoms with van der Waals surface area (Å²) in [5.41, 5.74) is 0. The summed E-state index contributed by atoms with van der Waals surface area (Å²) in [6.45, 7) is 4.50. The van der Waals surface area contributed by atoms with Crippen molar-refractivity contribution in [3.63, 3.8) is 0 Å². The first-order valence-electron chi connectivity index (χ1n) is 6.02. The zero-order valence-corrected chi connectivity index (χ0v) is 9.34. The van der Waals surface area contributed by atoms with Gasteiger partial charge in [-0.15, -0.1) is 0 Å². The third-order valence-electron chi connectivity index (χ3n) is 3.06. The highest BCUT2D eigenvalue weighted by molar-refractivity contribution is 4.92. The summed E-state index contributed by atoms with van der Waals surface area (Å²) in [4.78, 5) is 2.37. The number of piperidine rings is 1. The van der Waals surface area contributed by atoms with E-state index >= 15 is 0 Å². The molecule has 2 nitrogen and oxygen atoms in total. The molecule has 1 fully saturated rings. The molecule has 0 aliphatic carbocycles. The van der Waals surface area contributed by atoms with Crippen molar-refractivity contribution in [1.29, 1.82) is 5.26 Å². The lowest BCUT2D eigenvalue weighted by atomic mass is 10.0. The molecule has 1 aliphatic rings. The molecule has 0 aromatic rings. The van der Waals surface area contributed by atoms with Gasteiger partial charge in [-0.05, 0) is 32.4 Å². The quantitative estimate of drug-likeness (QED) is 0.629. The molecule has 0 saturated carbocycles. The first-order valence-corrected chi connectivity index (χ1v) is 6.02. The smallest absolute Gasteiger partial charge is 0.0977 e. The maximum Gasteiger partial charge on any atom is 0.0977 e. The number of hydrogen-bond acceptors (Lipinski definition) is 2. The van der Waals surface area contributed by atoms with Crippen LogP contribution in [0.1, 0.15) is 51.9 Å². The van der Waals surface area contributed by atoms with Gasteiger partial charge in [0.15, 0.2) is 0 Å². The molecule has 0 radical (unpaired) electrons. The lowest BCUT2D eigenvalue weighted by molar-refractivity contribution is 0.185. The molecule has 2 heteroatoms. The zero-order chi connectivity index (χ0) is 10.2. The van der Waals surface area contributed by atoms with Gasteiger partial charge in [-0.2, -0.15) is 5.26 Å². The maximum absolute atomic E-state index is 9.09. The lowest BCUT2D eigenvalue weighted by Crippen LogP contribution is -2.38. The molecule has 0 aromatic heterocycles. The summed E-state index contributed by atoms with van der Waals surface area (Å²) in [6, 6.07) is 2.65. The van der Waals surface area contributed by atoms with Crippen molar-refractivity contribution in [3.8, 4) is 6.07 Å². The first kappa shape index (κ1) is 11.5. The summed E-state index contributed by atoms with van der Waals surface area (Å²) >= 11 is 0. The van der Waals surface area contributed by atoms with E-state index in [0.29, 0.717) is 0 Å². The van der Waals surface area contributed by atoms with Crippen LogP contribution in [0.4, 0.5) is 0 Å². The Kier molecular flexibility index (Phi) is 5.63. The third-order valence-corrected chi connectivity index (χ3v) is 3.06. The van der Waals surface area contributed by atoms with Crippen LogP contribution in [-0.2, 0) is 0 Å². The number of hydrogen-bond donors (Lipinski definition) is 0. The molecular formula is C12H22N2. The fourth-order valence-corrected chi connectivity index (χ4v) is 2.15. The molecule has 1 unspecified atom stereocenters. The van der Waals surface area contributed by atoms with Crippen LogP contribution < -0.4 is 0 Å². The highest BCUT2D eigenvalue weighted by Crippen LogP contribution is 2.15. The Bertz CT molecular complexity index is 177. The molecule has 1 aliphatic heterocycles. The zero-order valence-electron chi connectivity index (χ0n) is 9.34. The molecule has 14 heavy (non-hydrogen) atoms. The molecule has 0 spiro atoms. The molecular weight excluding hydrogens is 172 g/mol. The molecule has 1 atom stereocenters. The minimum Gasteiger partial charge on any atom is -0.288 e. The Morgan fingerprint density at radius 2 is 1.93 bits per heavy atom. The lowest BCUT2D eigenvalue weighted by Gasteiger charge is -2.30. The van der Waals surface area contributed by atoms with E-state index in [1.807, 2.05) is 0 Å². The van der Waals surface area contributed by atoms with Crippen LogP contribution in [0, 0.1) is 11.3 Å². The van der Waals surface area contributed by atoms with Crippen LogP contribution in [0.15, 0.2) is 0 Å². The van der Waals surface area contributed by atoms with E-state index in [4.69, 9.17) is 5.26 Å². The highest BCUT2D eigenvalue weighted by Gasteiger charge is 2.19. The summed E-state index contributed by atoms with van der Waals surface area (Å²) in [5.74, 6) is 0. The van der Waals surface area contributed by atoms with Gasteiger partial charge in [0, 0.05) is 0 Å². The van der Waals surface area contributed by atoms with Crippen molar-refractivity contribution in [3.05, 3.63) is 0 Å². The third kappa shape index (κ3) is 3.67. The van der Waals surface area contributed by atoms with Crippen molar-refractivity contribution in [1.82, 2.24) is 4.90 Å². The van der Waals surface area contributed by atoms with Crippen LogP contribution >= 0.6 is 0 Å². The molecule has 0 aromatic carbocycles. The SMILES string of the molecule is CCCCCC(C#N)N1CCCCC1. The Labute approximate surface area is 87.9 Å². The molecule has 1 saturated heterocycles. The van der Waals surface area contributed by atoms with Gasteiger partial charge >= 0.3 is 0 Å². The number of nitrogens with zero attached hydrogens (tertiary/aromatic N) is 2. The van der Waals surface area contributed by atoms with Crippen LogP contribution in [0.3, 0.4) is 0 Å². The second kappa shape index (κ2) is 6.84. The molecule has 0 N–H and O–H groups in total. The molecule has 80 valence electrons. The number of likely N-dealkylation sites (tertiary alicyclic amines) is 1. The number of rotatable bonds is 5. The molecule has 0 bridgehead atoms. The van der Waals surface area contributed by atoms with E-state index < -0.39 is 0 Å². The normalized spacial score (nSPS) is 20.3. The van der Waals surface area contributed by atoms with Gasteiger partial charge in [0.05, 0.1) is 12.1 Å². The van der Waals surface area contributed by atoms with Gasteiger partial charge in [-0.25, -0.2) is 0 Å². The van der Waals surface area contributed by atoms with E-state index in [2.05, 4.69) is 17.9 Å². The number of nitriles is 1. The van der Waals surface area contributed by atoms with Crippen molar-refractivity contribution in [2.75, 3.05) is 13.1 Å². The Hall–Kier alpha value is -0.550. The second-order valence-electron chi connectivity index (χ2n) is 4.24. The monoisotopic (exact) mass is 194 g/mol. The molecule has 1 rings (SSSR count). The van der Waals surface area contributed by atoms with Crippen molar-refractivity contribution >= 4 is 0 Å². The minimum atomic E-state index is 0.196. The topological polar surface area (TPSA) is 27.0 Å². The minimum absolute atomic E-state index is 0.196. The summed E-state index contributed by atoms with van der Waals surface area (Å²) in [6.07, 6.45) is 8.72. The van der Waals surface area contributed by atoms with E-state index in [9.17, 15) is 0 Å². The fourth-order valence-electron chi connectivity index (χ4n) is 2.15.